The highest BCUT2D eigenvalue weighted by Crippen LogP contribution is 2.19. The summed E-state index contributed by atoms with van der Waals surface area (Å²) in [5.41, 5.74) is 5.87. The minimum Gasteiger partial charge on any atom is -0.329 e. The molecule has 3 heteroatoms. The van der Waals surface area contributed by atoms with Crippen molar-refractivity contribution < 1.29 is 0 Å². The Balaban J connectivity index is 2.64. The Bertz CT molecular complexity index is 254. The highest BCUT2D eigenvalue weighted by Gasteiger charge is 2.23. The Morgan fingerprint density at radius 3 is 2.64 bits per heavy atom. The molecular weight excluding hydrogens is 192 g/mol. The van der Waals surface area contributed by atoms with Crippen LogP contribution in [0.2, 0.25) is 0 Å². The van der Waals surface area contributed by atoms with Crippen molar-refractivity contribution in [1.82, 2.24) is 4.90 Å². The highest BCUT2D eigenvalue weighted by atomic mass is 32.1. The topological polar surface area (TPSA) is 29.3 Å². The van der Waals surface area contributed by atoms with Crippen molar-refractivity contribution in [2.75, 3.05) is 13.1 Å². The van der Waals surface area contributed by atoms with Crippen LogP contribution in [0, 0.1) is 0 Å². The van der Waals surface area contributed by atoms with Crippen LogP contribution in [0.1, 0.15) is 25.6 Å². The summed E-state index contributed by atoms with van der Waals surface area (Å²) in [6.07, 6.45) is 0. The number of nitrogens with two attached hydrogens (primary N) is 1. The molecule has 14 heavy (non-hydrogen) atoms. The summed E-state index contributed by atoms with van der Waals surface area (Å²) in [5, 5.41) is 2.12. The summed E-state index contributed by atoms with van der Waals surface area (Å²) in [7, 11) is 0. The Morgan fingerprint density at radius 1 is 1.50 bits per heavy atom. The SMILES string of the molecule is CCN(Cc1cccs1)C(C)(C)CN. The van der Waals surface area contributed by atoms with E-state index in [1.54, 1.807) is 0 Å². The number of thiophene rings is 1. The van der Waals surface area contributed by atoms with Gasteiger partial charge in [0.05, 0.1) is 0 Å². The maximum absolute atomic E-state index is 5.77. The molecule has 0 aliphatic carbocycles. The lowest BCUT2D eigenvalue weighted by Gasteiger charge is -2.36. The van der Waals surface area contributed by atoms with Gasteiger partial charge in [0, 0.05) is 23.5 Å². The van der Waals surface area contributed by atoms with Gasteiger partial charge >= 0.3 is 0 Å². The summed E-state index contributed by atoms with van der Waals surface area (Å²) >= 11 is 1.81. The minimum absolute atomic E-state index is 0.0960. The van der Waals surface area contributed by atoms with Crippen LogP contribution in [0.25, 0.3) is 0 Å². The molecule has 0 fully saturated rings. The summed E-state index contributed by atoms with van der Waals surface area (Å²) in [6.45, 7) is 9.34. The maximum atomic E-state index is 5.77. The molecule has 1 rings (SSSR count). The van der Waals surface area contributed by atoms with Crippen molar-refractivity contribution >= 4 is 11.3 Å². The van der Waals surface area contributed by atoms with Crippen LogP contribution < -0.4 is 5.73 Å². The van der Waals surface area contributed by atoms with Gasteiger partial charge in [-0.3, -0.25) is 4.90 Å². The molecule has 0 saturated heterocycles. The third-order valence-electron chi connectivity index (χ3n) is 2.66. The average Bonchev–Trinajstić information content (AvgIpc) is 2.66. The molecule has 1 aromatic rings. The Labute approximate surface area is 90.7 Å². The van der Waals surface area contributed by atoms with Gasteiger partial charge in [0.25, 0.3) is 0 Å². The molecule has 2 N–H and O–H groups in total. The molecule has 0 spiro atoms. The first kappa shape index (κ1) is 11.7. The molecule has 1 aromatic heterocycles. The Morgan fingerprint density at radius 2 is 2.21 bits per heavy atom. The molecule has 0 bridgehead atoms. The number of rotatable bonds is 5. The van der Waals surface area contributed by atoms with E-state index in [0.717, 1.165) is 13.1 Å². The zero-order chi connectivity index (χ0) is 10.6. The van der Waals surface area contributed by atoms with Crippen LogP contribution >= 0.6 is 11.3 Å². The van der Waals surface area contributed by atoms with E-state index >= 15 is 0 Å². The van der Waals surface area contributed by atoms with Crippen molar-refractivity contribution in [3.63, 3.8) is 0 Å². The van der Waals surface area contributed by atoms with Crippen molar-refractivity contribution in [3.05, 3.63) is 22.4 Å². The van der Waals surface area contributed by atoms with Gasteiger partial charge in [0.1, 0.15) is 0 Å². The first-order valence-corrected chi connectivity index (χ1v) is 5.95. The molecule has 0 saturated carbocycles. The molecular formula is C11H20N2S. The van der Waals surface area contributed by atoms with Gasteiger partial charge in [0.15, 0.2) is 0 Å². The van der Waals surface area contributed by atoms with Gasteiger partial charge in [-0.1, -0.05) is 13.0 Å². The second-order valence-corrected chi connectivity index (χ2v) is 5.14. The molecule has 1 heterocycles. The summed E-state index contributed by atoms with van der Waals surface area (Å²) in [5.74, 6) is 0. The van der Waals surface area contributed by atoms with Crippen molar-refractivity contribution in [1.29, 1.82) is 0 Å². The molecule has 0 atom stereocenters. The third-order valence-corrected chi connectivity index (χ3v) is 3.53. The normalized spacial score (nSPS) is 12.4. The molecule has 0 aliphatic rings. The van der Waals surface area contributed by atoms with Gasteiger partial charge in [0.2, 0.25) is 0 Å². The van der Waals surface area contributed by atoms with Gasteiger partial charge in [-0.15, -0.1) is 11.3 Å². The fourth-order valence-electron chi connectivity index (χ4n) is 1.47. The van der Waals surface area contributed by atoms with E-state index in [-0.39, 0.29) is 5.54 Å². The molecule has 0 radical (unpaired) electrons. The van der Waals surface area contributed by atoms with Crippen molar-refractivity contribution in [3.8, 4) is 0 Å². The van der Waals surface area contributed by atoms with Crippen molar-refractivity contribution in [2.24, 2.45) is 5.73 Å². The van der Waals surface area contributed by atoms with Gasteiger partial charge in [-0.2, -0.15) is 0 Å². The first-order valence-electron chi connectivity index (χ1n) is 5.07. The fourth-order valence-corrected chi connectivity index (χ4v) is 2.19. The zero-order valence-corrected chi connectivity index (χ0v) is 10.1. The van der Waals surface area contributed by atoms with E-state index in [1.807, 2.05) is 11.3 Å². The number of nitrogens with zero attached hydrogens (tertiary/aromatic N) is 1. The number of hydrogen-bond acceptors (Lipinski definition) is 3. The highest BCUT2D eigenvalue weighted by molar-refractivity contribution is 7.09. The van der Waals surface area contributed by atoms with Gasteiger partial charge < -0.3 is 5.73 Å². The monoisotopic (exact) mass is 212 g/mol. The quantitative estimate of drug-likeness (QED) is 0.811. The number of hydrogen-bond donors (Lipinski definition) is 1. The van der Waals surface area contributed by atoms with E-state index in [4.69, 9.17) is 5.73 Å². The molecule has 0 aliphatic heterocycles. The fraction of sp³-hybridized carbons (Fsp3) is 0.636. The smallest absolute Gasteiger partial charge is 0.0333 e. The van der Waals surface area contributed by atoms with Gasteiger partial charge in [-0.25, -0.2) is 0 Å². The van der Waals surface area contributed by atoms with Crippen LogP contribution in [-0.4, -0.2) is 23.5 Å². The molecule has 80 valence electrons. The predicted octanol–water partition coefficient (Wildman–Crippen LogP) is 2.31. The summed E-state index contributed by atoms with van der Waals surface area (Å²) < 4.78 is 0. The number of likely N-dealkylation sites (N-methyl/N-ethyl adjacent to an activating group) is 1. The lowest BCUT2D eigenvalue weighted by atomic mass is 10.0. The average molecular weight is 212 g/mol. The zero-order valence-electron chi connectivity index (χ0n) is 9.29. The molecule has 0 amide bonds. The third kappa shape index (κ3) is 2.80. The Hall–Kier alpha value is -0.380. The van der Waals surface area contributed by atoms with Crippen LogP contribution in [0.5, 0.6) is 0 Å². The van der Waals surface area contributed by atoms with Gasteiger partial charge in [-0.05, 0) is 31.8 Å². The summed E-state index contributed by atoms with van der Waals surface area (Å²) in [4.78, 5) is 3.83. The predicted molar refractivity (Wildman–Crippen MR) is 63.5 cm³/mol. The van der Waals surface area contributed by atoms with E-state index in [0.29, 0.717) is 6.54 Å². The first-order chi connectivity index (χ1) is 6.60. The standard InChI is InChI=1S/C11H20N2S/c1-4-13(11(2,3)9-12)8-10-6-5-7-14-10/h5-7H,4,8-9,12H2,1-3H3. The van der Waals surface area contributed by atoms with Crippen molar-refractivity contribution in [2.45, 2.75) is 32.9 Å². The second kappa shape index (κ2) is 4.91. The Kier molecular flexibility index (Phi) is 4.11. The van der Waals surface area contributed by atoms with E-state index in [1.165, 1.54) is 4.88 Å². The molecule has 0 unspecified atom stereocenters. The molecule has 0 aromatic carbocycles. The largest absolute Gasteiger partial charge is 0.329 e. The van der Waals surface area contributed by atoms with E-state index in [2.05, 4.69) is 43.2 Å². The van der Waals surface area contributed by atoms with Crippen LogP contribution in [0.3, 0.4) is 0 Å². The van der Waals surface area contributed by atoms with E-state index < -0.39 is 0 Å². The van der Waals surface area contributed by atoms with Crippen LogP contribution in [-0.2, 0) is 6.54 Å². The lowest BCUT2D eigenvalue weighted by Crippen LogP contribution is -2.48. The van der Waals surface area contributed by atoms with Crippen LogP contribution in [0.15, 0.2) is 17.5 Å². The molecule has 2 nitrogen and oxygen atoms in total. The van der Waals surface area contributed by atoms with E-state index in [9.17, 15) is 0 Å². The maximum Gasteiger partial charge on any atom is 0.0333 e. The minimum atomic E-state index is 0.0960. The summed E-state index contributed by atoms with van der Waals surface area (Å²) in [6, 6.07) is 4.28. The van der Waals surface area contributed by atoms with Crippen LogP contribution in [0.4, 0.5) is 0 Å². The lowest BCUT2D eigenvalue weighted by molar-refractivity contribution is 0.127. The second-order valence-electron chi connectivity index (χ2n) is 4.11.